The molecule has 0 heterocycles. The van der Waals surface area contributed by atoms with Crippen LogP contribution >= 0.6 is 0 Å². The van der Waals surface area contributed by atoms with Gasteiger partial charge in [-0.05, 0) is 30.2 Å². The van der Waals surface area contributed by atoms with Crippen LogP contribution in [0.2, 0.25) is 0 Å². The summed E-state index contributed by atoms with van der Waals surface area (Å²) in [6, 6.07) is 8.17. The fourth-order valence-electron chi connectivity index (χ4n) is 3.65. The normalized spacial score (nSPS) is 10.5. The second-order valence-electron chi connectivity index (χ2n) is 8.16. The second-order valence-corrected chi connectivity index (χ2v) is 8.16. The van der Waals surface area contributed by atoms with Crippen molar-refractivity contribution in [3.05, 3.63) is 51.6 Å². The Hall–Kier alpha value is -3.49. The first-order valence-corrected chi connectivity index (χ1v) is 11.9. The summed E-state index contributed by atoms with van der Waals surface area (Å²) in [5.74, 6) is 1.56. The molecule has 0 atom stereocenters. The number of rotatable bonds is 16. The highest BCUT2D eigenvalue weighted by molar-refractivity contribution is 5.75. The molecule has 0 aromatic heterocycles. The summed E-state index contributed by atoms with van der Waals surface area (Å²) in [6.45, 7) is 2.50. The summed E-state index contributed by atoms with van der Waals surface area (Å²) >= 11 is 0. The van der Waals surface area contributed by atoms with Crippen molar-refractivity contribution in [2.75, 3.05) is 21.3 Å². The number of methoxy groups -OCH3 is 3. The molecular formula is C26H36N2O7. The van der Waals surface area contributed by atoms with E-state index in [1.807, 2.05) is 6.07 Å². The summed E-state index contributed by atoms with van der Waals surface area (Å²) in [7, 11) is 4.39. The number of nitrogens with zero attached hydrogens (tertiary/aromatic N) is 1. The van der Waals surface area contributed by atoms with E-state index in [4.69, 9.17) is 18.9 Å². The highest BCUT2D eigenvalue weighted by Crippen LogP contribution is 2.36. The van der Waals surface area contributed by atoms with Gasteiger partial charge in [0.1, 0.15) is 6.61 Å². The molecule has 1 amide bonds. The van der Waals surface area contributed by atoms with Gasteiger partial charge in [-0.1, -0.05) is 45.1 Å². The van der Waals surface area contributed by atoms with E-state index in [1.165, 1.54) is 59.1 Å². The molecule has 2 aromatic carbocycles. The van der Waals surface area contributed by atoms with Crippen LogP contribution in [0.1, 0.15) is 63.0 Å². The highest BCUT2D eigenvalue weighted by Gasteiger charge is 2.20. The van der Waals surface area contributed by atoms with Gasteiger partial charge in [-0.25, -0.2) is 0 Å². The van der Waals surface area contributed by atoms with Gasteiger partial charge >= 0.3 is 0 Å². The Morgan fingerprint density at radius 3 is 2.17 bits per heavy atom. The van der Waals surface area contributed by atoms with Crippen LogP contribution in [0.15, 0.2) is 30.3 Å². The number of carbonyl (C=O) groups is 1. The van der Waals surface area contributed by atoms with E-state index >= 15 is 0 Å². The van der Waals surface area contributed by atoms with Gasteiger partial charge in [0.25, 0.3) is 5.69 Å². The van der Waals surface area contributed by atoms with Crippen LogP contribution < -0.4 is 24.3 Å². The van der Waals surface area contributed by atoms with E-state index in [2.05, 4.69) is 12.2 Å². The van der Waals surface area contributed by atoms with Gasteiger partial charge in [0.15, 0.2) is 23.0 Å². The number of unbranched alkanes of at least 4 members (excludes halogenated alkanes) is 5. The zero-order valence-electron chi connectivity index (χ0n) is 21.1. The van der Waals surface area contributed by atoms with Crippen LogP contribution in [0.25, 0.3) is 0 Å². The predicted octanol–water partition coefficient (Wildman–Crippen LogP) is 5.57. The molecule has 0 aliphatic carbocycles. The molecule has 192 valence electrons. The molecule has 9 nitrogen and oxygen atoms in total. The number of amides is 1. The van der Waals surface area contributed by atoms with Crippen LogP contribution in [-0.4, -0.2) is 32.2 Å². The van der Waals surface area contributed by atoms with Crippen molar-refractivity contribution in [3.8, 4) is 23.0 Å². The fourth-order valence-corrected chi connectivity index (χ4v) is 3.65. The Balaban J connectivity index is 1.97. The molecule has 2 rings (SSSR count). The molecule has 35 heavy (non-hydrogen) atoms. The third-order valence-corrected chi connectivity index (χ3v) is 5.64. The lowest BCUT2D eigenvalue weighted by Gasteiger charge is -2.14. The number of ether oxygens (including phenoxy) is 4. The van der Waals surface area contributed by atoms with Gasteiger partial charge in [-0.15, -0.1) is 0 Å². The third kappa shape index (κ3) is 8.66. The molecule has 0 aliphatic rings. The van der Waals surface area contributed by atoms with E-state index in [1.54, 1.807) is 12.1 Å². The van der Waals surface area contributed by atoms with Crippen LogP contribution in [-0.2, 0) is 17.9 Å². The van der Waals surface area contributed by atoms with Crippen LogP contribution in [0.5, 0.6) is 23.0 Å². The number of nitro benzene ring substituents is 1. The molecule has 2 aromatic rings. The molecule has 0 saturated heterocycles. The molecule has 0 saturated carbocycles. The molecule has 0 aliphatic heterocycles. The van der Waals surface area contributed by atoms with E-state index in [0.29, 0.717) is 35.8 Å². The first-order chi connectivity index (χ1) is 16.9. The predicted molar refractivity (Wildman–Crippen MR) is 133 cm³/mol. The average Bonchev–Trinajstić information content (AvgIpc) is 2.87. The van der Waals surface area contributed by atoms with Crippen molar-refractivity contribution in [1.82, 2.24) is 5.32 Å². The number of nitrogens with one attached hydrogen (secondary N) is 1. The zero-order chi connectivity index (χ0) is 25.6. The minimum absolute atomic E-state index is 0.0283. The smallest absolute Gasteiger partial charge is 0.280 e. The standard InChI is InChI=1S/C26H36N2O7/c1-5-6-7-8-9-10-11-26(29)27-17-19-12-13-22(23(14-19)32-2)35-18-20-15-24(33-3)25(34-4)16-21(20)28(30)31/h12-16H,5-11,17-18H2,1-4H3,(H,27,29). The second kappa shape index (κ2) is 14.7. The Kier molecular flexibility index (Phi) is 11.7. The molecule has 9 heteroatoms. The average molecular weight is 489 g/mol. The van der Waals surface area contributed by atoms with Crippen LogP contribution in [0.4, 0.5) is 5.69 Å². The monoisotopic (exact) mass is 488 g/mol. The number of benzene rings is 2. The first-order valence-electron chi connectivity index (χ1n) is 11.9. The minimum Gasteiger partial charge on any atom is -0.493 e. The maximum absolute atomic E-state index is 12.1. The van der Waals surface area contributed by atoms with Crippen molar-refractivity contribution in [2.45, 2.75) is 65.0 Å². The summed E-state index contributed by atoms with van der Waals surface area (Å²) < 4.78 is 21.7. The lowest BCUT2D eigenvalue weighted by atomic mass is 10.1. The molecule has 1 N–H and O–H groups in total. The van der Waals surface area contributed by atoms with Crippen LogP contribution in [0, 0.1) is 10.1 Å². The van der Waals surface area contributed by atoms with Crippen molar-refractivity contribution in [1.29, 1.82) is 0 Å². The number of nitro groups is 1. The van der Waals surface area contributed by atoms with Gasteiger partial charge < -0.3 is 24.3 Å². The molecule has 0 spiro atoms. The fraction of sp³-hybridized carbons (Fsp3) is 0.500. The molecule has 0 fully saturated rings. The summed E-state index contributed by atoms with van der Waals surface area (Å²) in [5.41, 5.74) is 1.06. The number of carbonyl (C=O) groups excluding carboxylic acids is 1. The Morgan fingerprint density at radius 2 is 1.51 bits per heavy atom. The molecular weight excluding hydrogens is 452 g/mol. The van der Waals surface area contributed by atoms with E-state index < -0.39 is 4.92 Å². The number of hydrogen-bond donors (Lipinski definition) is 1. The van der Waals surface area contributed by atoms with Crippen molar-refractivity contribution < 1.29 is 28.7 Å². The zero-order valence-corrected chi connectivity index (χ0v) is 21.1. The number of hydrogen-bond acceptors (Lipinski definition) is 7. The summed E-state index contributed by atoms with van der Waals surface area (Å²) in [5, 5.41) is 14.5. The van der Waals surface area contributed by atoms with E-state index in [0.717, 1.165) is 18.4 Å². The summed E-state index contributed by atoms with van der Waals surface area (Å²) in [6.07, 6.45) is 7.36. The van der Waals surface area contributed by atoms with Gasteiger partial charge in [0, 0.05) is 13.0 Å². The van der Waals surface area contributed by atoms with Crippen molar-refractivity contribution in [3.63, 3.8) is 0 Å². The van der Waals surface area contributed by atoms with E-state index in [-0.39, 0.29) is 24.0 Å². The Bertz CT molecular complexity index is 978. The SMILES string of the molecule is CCCCCCCCC(=O)NCc1ccc(OCc2cc(OC)c(OC)cc2[N+](=O)[O-])c(OC)c1. The van der Waals surface area contributed by atoms with Gasteiger partial charge in [0.2, 0.25) is 5.91 Å². The van der Waals surface area contributed by atoms with E-state index in [9.17, 15) is 14.9 Å². The molecule has 0 radical (unpaired) electrons. The summed E-state index contributed by atoms with van der Waals surface area (Å²) in [4.78, 5) is 23.2. The lowest BCUT2D eigenvalue weighted by molar-refractivity contribution is -0.385. The maximum atomic E-state index is 12.1. The Morgan fingerprint density at radius 1 is 0.886 bits per heavy atom. The maximum Gasteiger partial charge on any atom is 0.280 e. The van der Waals surface area contributed by atoms with Gasteiger partial charge in [0.05, 0.1) is 37.9 Å². The quantitative estimate of drug-likeness (QED) is 0.187. The Labute approximate surface area is 206 Å². The van der Waals surface area contributed by atoms with Gasteiger partial charge in [-0.3, -0.25) is 14.9 Å². The van der Waals surface area contributed by atoms with Crippen molar-refractivity contribution >= 4 is 11.6 Å². The van der Waals surface area contributed by atoms with Gasteiger partial charge in [-0.2, -0.15) is 0 Å². The van der Waals surface area contributed by atoms with Crippen LogP contribution in [0.3, 0.4) is 0 Å². The topological polar surface area (TPSA) is 109 Å². The molecule has 0 unspecified atom stereocenters. The first kappa shape index (κ1) is 27.8. The third-order valence-electron chi connectivity index (χ3n) is 5.64. The largest absolute Gasteiger partial charge is 0.493 e. The minimum atomic E-state index is -0.491. The highest BCUT2D eigenvalue weighted by atomic mass is 16.6. The lowest BCUT2D eigenvalue weighted by Crippen LogP contribution is -2.22. The van der Waals surface area contributed by atoms with Crippen molar-refractivity contribution in [2.24, 2.45) is 0 Å². The molecule has 0 bridgehead atoms.